The molecule has 0 unspecified atom stereocenters. The van der Waals surface area contributed by atoms with Gasteiger partial charge >= 0.3 is 5.97 Å². The molecule has 0 atom stereocenters. The van der Waals surface area contributed by atoms with E-state index in [9.17, 15) is 18.0 Å². The molecule has 0 amide bonds. The van der Waals surface area contributed by atoms with Gasteiger partial charge in [-0.25, -0.2) is 9.78 Å². The second-order valence-electron chi connectivity index (χ2n) is 14.0. The fourth-order valence-electron chi connectivity index (χ4n) is 6.81. The first-order valence-electron chi connectivity index (χ1n) is 18.2. The fraction of sp³-hybridized carbons (Fsp3) is 0.450. The molecular formula is C40H52N6O8S. The summed E-state index contributed by atoms with van der Waals surface area (Å²) in [6.45, 7) is 9.27. The summed E-state index contributed by atoms with van der Waals surface area (Å²) in [4.78, 5) is 37.5. The Morgan fingerprint density at radius 3 is 2.31 bits per heavy atom. The van der Waals surface area contributed by atoms with Crippen molar-refractivity contribution in [3.63, 3.8) is 0 Å². The molecule has 296 valence electrons. The SMILES string of the molecule is COc1cc(Cc2cnc(N)nc2N)cc(C#Cc2ccc3c(=O)c(C(=O)OCCN(C(C)C)C(C)C)cn(C4CCCCC4)c3c2)c1OC.CS(=O)(=O)O. The van der Waals surface area contributed by atoms with Gasteiger partial charge in [0.2, 0.25) is 11.4 Å². The number of anilines is 2. The lowest BCUT2D eigenvalue weighted by molar-refractivity contribution is 0.0415. The van der Waals surface area contributed by atoms with Crippen LogP contribution in [0.4, 0.5) is 11.8 Å². The van der Waals surface area contributed by atoms with Crippen LogP contribution in [0, 0.1) is 11.8 Å². The van der Waals surface area contributed by atoms with E-state index < -0.39 is 16.1 Å². The molecule has 55 heavy (non-hydrogen) atoms. The summed E-state index contributed by atoms with van der Waals surface area (Å²) in [7, 11) is -0.524. The average Bonchev–Trinajstić information content (AvgIpc) is 3.12. The third-order valence-electron chi connectivity index (χ3n) is 9.32. The van der Waals surface area contributed by atoms with E-state index in [2.05, 4.69) is 59.0 Å². The van der Waals surface area contributed by atoms with E-state index in [1.807, 2.05) is 18.2 Å². The third-order valence-corrected chi connectivity index (χ3v) is 9.32. The normalized spacial score (nSPS) is 13.3. The van der Waals surface area contributed by atoms with Gasteiger partial charge < -0.3 is 30.2 Å². The lowest BCUT2D eigenvalue weighted by Crippen LogP contribution is -2.39. The maximum absolute atomic E-state index is 13.8. The van der Waals surface area contributed by atoms with Crippen LogP contribution in [0.15, 0.2) is 47.5 Å². The van der Waals surface area contributed by atoms with Gasteiger partial charge in [-0.05, 0) is 76.4 Å². The highest BCUT2D eigenvalue weighted by Crippen LogP contribution is 2.34. The van der Waals surface area contributed by atoms with Crippen LogP contribution in [-0.4, -0.2) is 84.1 Å². The number of benzene rings is 2. The van der Waals surface area contributed by atoms with Crippen LogP contribution in [0.25, 0.3) is 10.9 Å². The Kier molecular flexibility index (Phi) is 14.6. The van der Waals surface area contributed by atoms with E-state index in [1.165, 1.54) is 6.42 Å². The monoisotopic (exact) mass is 776 g/mol. The fourth-order valence-corrected chi connectivity index (χ4v) is 6.81. The molecule has 0 aliphatic heterocycles. The smallest absolute Gasteiger partial charge is 0.343 e. The number of nitrogens with zero attached hydrogens (tertiary/aromatic N) is 4. The van der Waals surface area contributed by atoms with E-state index in [0.29, 0.717) is 65.1 Å². The summed E-state index contributed by atoms with van der Waals surface area (Å²) in [6.07, 6.45) is 9.74. The molecule has 2 aromatic carbocycles. The number of methoxy groups -OCH3 is 2. The van der Waals surface area contributed by atoms with Crippen LogP contribution in [0.1, 0.15) is 98.5 Å². The molecule has 5 rings (SSSR count). The molecule has 0 bridgehead atoms. The summed E-state index contributed by atoms with van der Waals surface area (Å²) in [5.74, 6) is 7.37. The molecule has 15 heteroatoms. The largest absolute Gasteiger partial charge is 0.493 e. The van der Waals surface area contributed by atoms with Gasteiger partial charge in [0.05, 0.1) is 31.6 Å². The zero-order valence-corrected chi connectivity index (χ0v) is 33.4. The van der Waals surface area contributed by atoms with Crippen molar-refractivity contribution in [2.75, 3.05) is 45.1 Å². The van der Waals surface area contributed by atoms with Crippen molar-refractivity contribution in [1.29, 1.82) is 0 Å². The second-order valence-corrected chi connectivity index (χ2v) is 15.5. The van der Waals surface area contributed by atoms with Crippen LogP contribution in [0.3, 0.4) is 0 Å². The molecule has 1 aliphatic rings. The van der Waals surface area contributed by atoms with Crippen molar-refractivity contribution in [2.45, 2.75) is 84.3 Å². The number of carbonyl (C=O) groups is 1. The first-order valence-corrected chi connectivity index (χ1v) is 20.0. The van der Waals surface area contributed by atoms with Gasteiger partial charge in [0.1, 0.15) is 18.0 Å². The van der Waals surface area contributed by atoms with Crippen molar-refractivity contribution < 1.29 is 32.0 Å². The Bertz CT molecular complexity index is 2200. The number of nitrogens with two attached hydrogens (primary N) is 2. The molecule has 0 saturated heterocycles. The molecule has 1 aliphatic carbocycles. The van der Waals surface area contributed by atoms with E-state index in [0.717, 1.165) is 42.3 Å². The van der Waals surface area contributed by atoms with Gasteiger partial charge in [-0.2, -0.15) is 13.4 Å². The maximum Gasteiger partial charge on any atom is 0.343 e. The standard InChI is InChI=1S/C39H48N6O5.CH4O3S/c1-24(2)44(25(3)4)16-17-50-38(47)32-23-45(30-10-8-7-9-11-30)33-20-26(13-15-31(33)35(32)46)12-14-28-18-27(21-34(48-5)36(28)49-6)19-29-22-42-39(41)43-37(29)40;1-5(2,3)4/h13,15,18,20-25,30H,7-11,16-17,19H2,1-6H3,(H4,40,41,42,43);1H3,(H,2,3,4). The van der Waals surface area contributed by atoms with Gasteiger partial charge in [0.15, 0.2) is 11.5 Å². The van der Waals surface area contributed by atoms with Gasteiger partial charge in [0.25, 0.3) is 10.1 Å². The summed E-state index contributed by atoms with van der Waals surface area (Å²) >= 11 is 0. The topological polar surface area (TPSA) is 202 Å². The Labute approximate surface area is 322 Å². The molecule has 2 heterocycles. The number of hydrogen-bond donors (Lipinski definition) is 3. The van der Waals surface area contributed by atoms with E-state index in [4.69, 9.17) is 30.2 Å². The quantitative estimate of drug-likeness (QED) is 0.101. The van der Waals surface area contributed by atoms with Crippen molar-refractivity contribution in [3.8, 4) is 23.3 Å². The number of fused-ring (bicyclic) bond motifs is 1. The number of hydrogen-bond acceptors (Lipinski definition) is 12. The number of carbonyl (C=O) groups excluding carboxylic acids is 1. The Morgan fingerprint density at radius 2 is 1.71 bits per heavy atom. The first kappa shape index (κ1) is 42.6. The van der Waals surface area contributed by atoms with Gasteiger partial charge in [-0.15, -0.1) is 0 Å². The number of pyridine rings is 1. The Hall–Kier alpha value is -5.17. The zero-order valence-electron chi connectivity index (χ0n) is 32.6. The van der Waals surface area contributed by atoms with Crippen LogP contribution in [-0.2, 0) is 21.3 Å². The van der Waals surface area contributed by atoms with Crippen molar-refractivity contribution in [1.82, 2.24) is 19.4 Å². The molecule has 1 fully saturated rings. The zero-order chi connectivity index (χ0) is 40.4. The summed E-state index contributed by atoms with van der Waals surface area (Å²) < 4.78 is 45.0. The van der Waals surface area contributed by atoms with E-state index in [-0.39, 0.29) is 29.6 Å². The van der Waals surface area contributed by atoms with E-state index >= 15 is 0 Å². The predicted octanol–water partition coefficient (Wildman–Crippen LogP) is 5.25. The molecule has 1 saturated carbocycles. The summed E-state index contributed by atoms with van der Waals surface area (Å²) in [5.41, 5.74) is 15.2. The molecular weight excluding hydrogens is 725 g/mol. The van der Waals surface area contributed by atoms with Crippen molar-refractivity contribution in [2.24, 2.45) is 0 Å². The first-order chi connectivity index (χ1) is 26.0. The maximum atomic E-state index is 13.8. The number of rotatable bonds is 11. The minimum atomic E-state index is -3.67. The molecule has 2 aromatic heterocycles. The lowest BCUT2D eigenvalue weighted by atomic mass is 9.94. The molecule has 0 radical (unpaired) electrons. The van der Waals surface area contributed by atoms with Crippen molar-refractivity contribution >= 4 is 38.8 Å². The average molecular weight is 777 g/mol. The molecule has 4 aromatic rings. The summed E-state index contributed by atoms with van der Waals surface area (Å²) in [6, 6.07) is 10.1. The molecule has 14 nitrogen and oxygen atoms in total. The van der Waals surface area contributed by atoms with Crippen LogP contribution >= 0.6 is 0 Å². The molecule has 0 spiro atoms. The van der Waals surface area contributed by atoms with Gasteiger partial charge in [-0.3, -0.25) is 14.2 Å². The Balaban J connectivity index is 0.00000126. The summed E-state index contributed by atoms with van der Waals surface area (Å²) in [5, 5.41) is 0.464. The minimum absolute atomic E-state index is 0.0586. The number of ether oxygens (including phenoxy) is 3. The minimum Gasteiger partial charge on any atom is -0.493 e. The third kappa shape index (κ3) is 11.7. The van der Waals surface area contributed by atoms with Crippen LogP contribution < -0.4 is 26.4 Å². The Morgan fingerprint density at radius 1 is 1.04 bits per heavy atom. The predicted molar refractivity (Wildman–Crippen MR) is 214 cm³/mol. The number of nitrogen functional groups attached to an aromatic ring is 2. The highest BCUT2D eigenvalue weighted by Gasteiger charge is 2.23. The second kappa shape index (κ2) is 18.9. The number of aromatic nitrogens is 3. The lowest BCUT2D eigenvalue weighted by Gasteiger charge is -2.30. The highest BCUT2D eigenvalue weighted by molar-refractivity contribution is 7.85. The van der Waals surface area contributed by atoms with E-state index in [1.54, 1.807) is 38.7 Å². The van der Waals surface area contributed by atoms with Crippen LogP contribution in [0.5, 0.6) is 11.5 Å². The van der Waals surface area contributed by atoms with Gasteiger partial charge in [0, 0.05) is 60.0 Å². The van der Waals surface area contributed by atoms with Gasteiger partial charge in [-0.1, -0.05) is 31.1 Å². The number of esters is 1. The van der Waals surface area contributed by atoms with Crippen LogP contribution in [0.2, 0.25) is 0 Å². The molecule has 5 N–H and O–H groups in total. The highest BCUT2D eigenvalue weighted by atomic mass is 32.2. The van der Waals surface area contributed by atoms with Crippen molar-refractivity contribution in [3.05, 3.63) is 80.8 Å².